The fourth-order valence-electron chi connectivity index (χ4n) is 3.03. The van der Waals surface area contributed by atoms with E-state index in [1.165, 1.54) is 0 Å². The largest absolute Gasteiger partial charge is 0.481 e. The molecule has 0 rings (SSSR count). The van der Waals surface area contributed by atoms with Gasteiger partial charge >= 0.3 is 11.9 Å². The van der Waals surface area contributed by atoms with Crippen molar-refractivity contribution in [1.29, 1.82) is 0 Å². The lowest BCUT2D eigenvalue weighted by atomic mass is 10.2. The molecule has 5 heteroatoms. The van der Waals surface area contributed by atoms with E-state index in [9.17, 15) is 9.59 Å². The molecule has 1 N–H and O–H groups in total. The number of carbonyl (C=O) groups excluding carboxylic acids is 1. The Morgan fingerprint density at radius 1 is 0.735 bits per heavy atom. The van der Waals surface area contributed by atoms with Gasteiger partial charge in [-0.3, -0.25) is 9.59 Å². The van der Waals surface area contributed by atoms with Gasteiger partial charge < -0.3 is 14.3 Å². The van der Waals surface area contributed by atoms with Gasteiger partial charge in [0, 0.05) is 6.42 Å². The van der Waals surface area contributed by atoms with Crippen LogP contribution in [0.3, 0.4) is 0 Å². The maximum atomic E-state index is 12.0. The predicted molar refractivity (Wildman–Crippen MR) is 142 cm³/mol. The predicted octanol–water partition coefficient (Wildman–Crippen LogP) is 6.56. The fraction of sp³-hybridized carbons (Fsp3) is 0.517. The third kappa shape index (κ3) is 24.0. The topological polar surface area (TPSA) is 63.6 Å². The molecule has 0 aromatic carbocycles. The molecule has 0 fully saturated rings. The summed E-state index contributed by atoms with van der Waals surface area (Å²) in [6, 6.07) is 0. The van der Waals surface area contributed by atoms with Crippen LogP contribution in [0.1, 0.15) is 64.7 Å². The number of nitrogens with zero attached hydrogens (tertiary/aromatic N) is 1. The van der Waals surface area contributed by atoms with Crippen molar-refractivity contribution >= 4 is 11.9 Å². The molecule has 0 saturated carbocycles. The van der Waals surface area contributed by atoms with Gasteiger partial charge in [0.25, 0.3) is 0 Å². The Morgan fingerprint density at radius 2 is 1.15 bits per heavy atom. The lowest BCUT2D eigenvalue weighted by Crippen LogP contribution is -2.43. The van der Waals surface area contributed by atoms with Crippen molar-refractivity contribution in [3.05, 3.63) is 72.9 Å². The Kier molecular flexibility index (Phi) is 19.3. The number of carboxylic acids is 1. The second-order valence-corrected chi connectivity index (χ2v) is 9.14. The summed E-state index contributed by atoms with van der Waals surface area (Å²) in [6.07, 6.45) is 31.6. The molecule has 0 unspecified atom stereocenters. The van der Waals surface area contributed by atoms with Gasteiger partial charge in [-0.25, -0.2) is 0 Å². The van der Waals surface area contributed by atoms with Gasteiger partial charge in [-0.15, -0.1) is 0 Å². The van der Waals surface area contributed by atoms with Gasteiger partial charge in [0.05, 0.1) is 27.6 Å². The molecule has 0 radical (unpaired) electrons. The molecular weight excluding hydrogens is 426 g/mol. The first-order chi connectivity index (χ1) is 16.2. The van der Waals surface area contributed by atoms with Crippen LogP contribution in [0.4, 0.5) is 0 Å². The molecule has 0 bridgehead atoms. The normalized spacial score (nSPS) is 14.0. The summed E-state index contributed by atoms with van der Waals surface area (Å²) in [5.74, 6) is -1.30. The van der Waals surface area contributed by atoms with Crippen LogP contribution < -0.4 is 0 Å². The zero-order valence-electron chi connectivity index (χ0n) is 21.7. The molecule has 0 aromatic rings. The molecule has 0 aliphatic rings. The van der Waals surface area contributed by atoms with Crippen LogP contribution in [-0.2, 0) is 14.3 Å². The summed E-state index contributed by atoms with van der Waals surface area (Å²) in [6.45, 7) is 2.61. The van der Waals surface area contributed by atoms with Gasteiger partial charge in [-0.2, -0.15) is 0 Å². The minimum Gasteiger partial charge on any atom is -0.481 e. The quantitative estimate of drug-likeness (QED) is 0.131. The van der Waals surface area contributed by atoms with Crippen molar-refractivity contribution < 1.29 is 23.9 Å². The number of hydrogen-bond donors (Lipinski definition) is 1. The minimum atomic E-state index is -0.955. The van der Waals surface area contributed by atoms with Gasteiger partial charge in [-0.1, -0.05) is 79.8 Å². The molecule has 0 aromatic heterocycles. The Bertz CT molecular complexity index is 721. The van der Waals surface area contributed by atoms with Crippen LogP contribution in [-0.4, -0.2) is 55.3 Å². The van der Waals surface area contributed by atoms with E-state index in [1.54, 1.807) is 0 Å². The average Bonchev–Trinajstić information content (AvgIpc) is 2.73. The number of ether oxygens (including phenoxy) is 1. The van der Waals surface area contributed by atoms with Crippen molar-refractivity contribution in [2.45, 2.75) is 70.8 Å². The summed E-state index contributed by atoms with van der Waals surface area (Å²) in [7, 11) is 5.83. The average molecular weight is 473 g/mol. The number of carboxylic acid groups (broad SMARTS) is 1. The third-order valence-electron chi connectivity index (χ3n) is 4.56. The van der Waals surface area contributed by atoms with Gasteiger partial charge in [-0.05, 0) is 44.9 Å². The first kappa shape index (κ1) is 31.3. The second kappa shape index (κ2) is 20.9. The molecular formula is C29H46NO4+. The van der Waals surface area contributed by atoms with Crippen LogP contribution in [0.25, 0.3) is 0 Å². The van der Waals surface area contributed by atoms with Crippen LogP contribution in [0, 0.1) is 0 Å². The Hall–Kier alpha value is -2.66. The maximum absolute atomic E-state index is 12.0. The van der Waals surface area contributed by atoms with Gasteiger partial charge in [0.2, 0.25) is 0 Å². The van der Waals surface area contributed by atoms with E-state index in [0.29, 0.717) is 17.4 Å². The Balaban J connectivity index is 3.91. The molecule has 0 saturated heterocycles. The number of allylic oxidation sites excluding steroid dienone is 12. The van der Waals surface area contributed by atoms with E-state index in [2.05, 4.69) is 67.7 Å². The van der Waals surface area contributed by atoms with Crippen molar-refractivity contribution in [3.63, 3.8) is 0 Å². The molecule has 190 valence electrons. The lowest BCUT2D eigenvalue weighted by molar-refractivity contribution is -0.873. The highest BCUT2D eigenvalue weighted by molar-refractivity contribution is 5.71. The van der Waals surface area contributed by atoms with Crippen LogP contribution in [0.15, 0.2) is 72.9 Å². The number of aliphatic carboxylic acids is 1. The minimum absolute atomic E-state index is 0.166. The zero-order valence-corrected chi connectivity index (χ0v) is 21.7. The van der Waals surface area contributed by atoms with Crippen molar-refractivity contribution in [3.8, 4) is 0 Å². The number of carbonyl (C=O) groups is 2. The summed E-state index contributed by atoms with van der Waals surface area (Å²) in [4.78, 5) is 23.0. The lowest BCUT2D eigenvalue weighted by Gasteiger charge is -2.28. The summed E-state index contributed by atoms with van der Waals surface area (Å²) >= 11 is 0. The Labute approximate surface area is 207 Å². The van der Waals surface area contributed by atoms with Crippen molar-refractivity contribution in [2.75, 3.05) is 27.7 Å². The first-order valence-corrected chi connectivity index (χ1v) is 12.4. The molecule has 0 spiro atoms. The number of esters is 1. The van der Waals surface area contributed by atoms with E-state index in [0.717, 1.165) is 38.5 Å². The highest BCUT2D eigenvalue weighted by Crippen LogP contribution is 2.08. The fourth-order valence-corrected chi connectivity index (χ4v) is 3.03. The van der Waals surface area contributed by atoms with Gasteiger partial charge in [0.15, 0.2) is 6.10 Å². The van der Waals surface area contributed by atoms with Crippen LogP contribution >= 0.6 is 0 Å². The standard InChI is InChI=1S/C29H45NO4/c1-5-6-7-8-9-10-11-12-13-14-15-16-17-18-19-20-21-22-23-24-29(33)34-27(25-28(31)32)26-30(2,3)4/h6-7,9-10,12-13,15-16,18-19,21-22,27H,5,8,11,14,17,20,23-26H2,1-4H3/p+1/b7-6-,10-9-,13-12-,16-15-,19-18-,22-21-/t27-/m1/s1. The summed E-state index contributed by atoms with van der Waals surface area (Å²) < 4.78 is 5.91. The number of hydrogen-bond acceptors (Lipinski definition) is 3. The van der Waals surface area contributed by atoms with E-state index < -0.39 is 12.1 Å². The molecule has 0 aliphatic carbocycles. The van der Waals surface area contributed by atoms with Gasteiger partial charge in [0.1, 0.15) is 6.54 Å². The number of quaternary nitrogens is 1. The zero-order chi connectivity index (χ0) is 25.5. The monoisotopic (exact) mass is 472 g/mol. The van der Waals surface area contributed by atoms with E-state index >= 15 is 0 Å². The highest BCUT2D eigenvalue weighted by Gasteiger charge is 2.24. The molecule has 1 atom stereocenters. The summed E-state index contributed by atoms with van der Waals surface area (Å²) in [5.41, 5.74) is 0. The van der Waals surface area contributed by atoms with Crippen molar-refractivity contribution in [1.82, 2.24) is 0 Å². The molecule has 5 nitrogen and oxygen atoms in total. The number of rotatable bonds is 19. The molecule has 0 amide bonds. The summed E-state index contributed by atoms with van der Waals surface area (Å²) in [5, 5.41) is 9.01. The van der Waals surface area contributed by atoms with Crippen molar-refractivity contribution in [2.24, 2.45) is 0 Å². The highest BCUT2D eigenvalue weighted by atomic mass is 16.5. The van der Waals surface area contributed by atoms with E-state index in [-0.39, 0.29) is 18.8 Å². The molecule has 0 aliphatic heterocycles. The maximum Gasteiger partial charge on any atom is 0.307 e. The van der Waals surface area contributed by atoms with Crippen LogP contribution in [0.2, 0.25) is 0 Å². The van der Waals surface area contributed by atoms with Crippen LogP contribution in [0.5, 0.6) is 0 Å². The third-order valence-corrected chi connectivity index (χ3v) is 4.56. The first-order valence-electron chi connectivity index (χ1n) is 12.4. The smallest absolute Gasteiger partial charge is 0.307 e. The Morgan fingerprint density at radius 3 is 1.53 bits per heavy atom. The number of likely N-dealkylation sites (N-methyl/N-ethyl adjacent to an activating group) is 1. The van der Waals surface area contributed by atoms with E-state index in [1.807, 2.05) is 33.3 Å². The van der Waals surface area contributed by atoms with E-state index in [4.69, 9.17) is 9.84 Å². The molecule has 34 heavy (non-hydrogen) atoms. The second-order valence-electron chi connectivity index (χ2n) is 9.14. The molecule has 0 heterocycles. The SMILES string of the molecule is CC/C=C\C/C=C\C/C=C\C/C=C\C/C=C\C/C=C\CCC(=O)O[C@H](CC(=O)O)C[N+](C)(C)C.